The van der Waals surface area contributed by atoms with E-state index in [0.717, 1.165) is 11.3 Å². The maximum atomic E-state index is 13.4. The first-order chi connectivity index (χ1) is 13.4. The second-order valence-corrected chi connectivity index (χ2v) is 7.94. The number of hydrogen-bond acceptors (Lipinski definition) is 4. The van der Waals surface area contributed by atoms with Crippen molar-refractivity contribution in [2.45, 2.75) is 18.5 Å². The summed E-state index contributed by atoms with van der Waals surface area (Å²) in [7, 11) is 5.72. The topological polar surface area (TPSA) is 55.9 Å². The summed E-state index contributed by atoms with van der Waals surface area (Å²) in [4.78, 5) is 29.8. The maximum absolute atomic E-state index is 13.4. The normalized spacial score (nSPS) is 24.5. The van der Waals surface area contributed by atoms with Gasteiger partial charge in [0.05, 0.1) is 22.7 Å². The number of halogens is 1. The molecule has 146 valence electrons. The van der Waals surface area contributed by atoms with E-state index in [1.165, 1.54) is 5.01 Å². The highest BCUT2D eigenvalue weighted by molar-refractivity contribution is 6.33. The number of nitrogens with zero attached hydrogens (tertiary/aromatic N) is 3. The van der Waals surface area contributed by atoms with Gasteiger partial charge in [-0.15, -0.1) is 0 Å². The summed E-state index contributed by atoms with van der Waals surface area (Å²) in [6, 6.07) is 14.6. The summed E-state index contributed by atoms with van der Waals surface area (Å²) in [6.07, 6.45) is 0.276. The standard InChI is InChI=1S/C21H23ClN4O2/c1-24(2)14-8-6-7-13(11-14)20-19-16(12-18(27)25(20)3)23-26(21(19)28)17-10-5-4-9-15(17)22/h4-11,16,19-20,23H,12H2,1-3H3. The van der Waals surface area contributed by atoms with Crippen LogP contribution in [-0.2, 0) is 9.59 Å². The summed E-state index contributed by atoms with van der Waals surface area (Å²) < 4.78 is 0. The highest BCUT2D eigenvalue weighted by atomic mass is 35.5. The van der Waals surface area contributed by atoms with Gasteiger partial charge >= 0.3 is 0 Å². The Hall–Kier alpha value is -2.57. The van der Waals surface area contributed by atoms with Crippen molar-refractivity contribution in [3.8, 4) is 0 Å². The van der Waals surface area contributed by atoms with Crippen LogP contribution in [0.5, 0.6) is 0 Å². The Labute approximate surface area is 169 Å². The molecule has 2 aliphatic rings. The van der Waals surface area contributed by atoms with Crippen molar-refractivity contribution >= 4 is 34.8 Å². The molecule has 2 saturated heterocycles. The summed E-state index contributed by atoms with van der Waals surface area (Å²) in [6.45, 7) is 0. The predicted molar refractivity (Wildman–Crippen MR) is 110 cm³/mol. The fourth-order valence-electron chi connectivity index (χ4n) is 4.13. The van der Waals surface area contributed by atoms with Gasteiger partial charge in [-0.05, 0) is 29.8 Å². The first kappa shape index (κ1) is 18.8. The van der Waals surface area contributed by atoms with E-state index < -0.39 is 0 Å². The molecule has 6 nitrogen and oxygen atoms in total. The molecule has 4 rings (SSSR count). The van der Waals surface area contributed by atoms with Crippen LogP contribution in [0.25, 0.3) is 0 Å². The second kappa shape index (κ2) is 7.11. The number of benzene rings is 2. The Balaban J connectivity index is 1.75. The summed E-state index contributed by atoms with van der Waals surface area (Å²) in [5.74, 6) is -0.433. The first-order valence-electron chi connectivity index (χ1n) is 9.26. The maximum Gasteiger partial charge on any atom is 0.248 e. The van der Waals surface area contributed by atoms with Crippen molar-refractivity contribution < 1.29 is 9.59 Å². The van der Waals surface area contributed by atoms with Gasteiger partial charge in [0, 0.05) is 39.3 Å². The van der Waals surface area contributed by atoms with Crippen LogP contribution in [0.2, 0.25) is 5.02 Å². The number of piperidine rings is 1. The predicted octanol–water partition coefficient (Wildman–Crippen LogP) is 2.85. The number of carbonyl (C=O) groups is 2. The van der Waals surface area contributed by atoms with Crippen LogP contribution < -0.4 is 15.3 Å². The minimum Gasteiger partial charge on any atom is -0.378 e. The average molecular weight is 399 g/mol. The quantitative estimate of drug-likeness (QED) is 0.863. The molecule has 0 radical (unpaired) electrons. The Morgan fingerprint density at radius 2 is 1.86 bits per heavy atom. The molecule has 0 saturated carbocycles. The molecule has 0 spiro atoms. The van der Waals surface area contributed by atoms with Gasteiger partial charge in [-0.3, -0.25) is 9.59 Å². The third-order valence-electron chi connectivity index (χ3n) is 5.60. The molecule has 7 heteroatoms. The lowest BCUT2D eigenvalue weighted by molar-refractivity contribution is -0.140. The van der Waals surface area contributed by atoms with Gasteiger partial charge in [0.25, 0.3) is 0 Å². The number of para-hydroxylation sites is 1. The van der Waals surface area contributed by atoms with Crippen molar-refractivity contribution in [3.05, 3.63) is 59.1 Å². The van der Waals surface area contributed by atoms with Gasteiger partial charge in [0.15, 0.2) is 0 Å². The number of nitrogens with one attached hydrogen (secondary N) is 1. The highest BCUT2D eigenvalue weighted by Crippen LogP contribution is 2.42. The van der Waals surface area contributed by atoms with E-state index in [-0.39, 0.29) is 36.2 Å². The number of hydrazine groups is 1. The lowest BCUT2D eigenvalue weighted by Gasteiger charge is -2.39. The van der Waals surface area contributed by atoms with Crippen molar-refractivity contribution in [2.24, 2.45) is 5.92 Å². The van der Waals surface area contributed by atoms with E-state index in [0.29, 0.717) is 10.7 Å². The number of hydrogen-bond donors (Lipinski definition) is 1. The molecular formula is C21H23ClN4O2. The molecule has 0 aromatic heterocycles. The lowest BCUT2D eigenvalue weighted by Crippen LogP contribution is -2.49. The van der Waals surface area contributed by atoms with Crippen molar-refractivity contribution in [3.63, 3.8) is 0 Å². The van der Waals surface area contributed by atoms with Crippen molar-refractivity contribution in [1.29, 1.82) is 0 Å². The van der Waals surface area contributed by atoms with Gasteiger partial charge in [-0.2, -0.15) is 0 Å². The summed E-state index contributed by atoms with van der Waals surface area (Å²) >= 11 is 6.32. The van der Waals surface area contributed by atoms with Crippen LogP contribution in [0, 0.1) is 5.92 Å². The molecule has 2 aromatic carbocycles. The summed E-state index contributed by atoms with van der Waals surface area (Å²) in [5.41, 5.74) is 5.82. The Morgan fingerprint density at radius 3 is 2.57 bits per heavy atom. The zero-order valence-electron chi connectivity index (χ0n) is 16.1. The Kier molecular flexibility index (Phi) is 4.77. The van der Waals surface area contributed by atoms with Crippen LogP contribution in [0.15, 0.2) is 48.5 Å². The van der Waals surface area contributed by atoms with E-state index in [9.17, 15) is 9.59 Å². The van der Waals surface area contributed by atoms with Gasteiger partial charge < -0.3 is 9.80 Å². The molecule has 28 heavy (non-hydrogen) atoms. The molecule has 2 fully saturated rings. The molecule has 3 unspecified atom stereocenters. The van der Waals surface area contributed by atoms with Crippen LogP contribution in [0.1, 0.15) is 18.0 Å². The van der Waals surface area contributed by atoms with E-state index in [2.05, 4.69) is 5.43 Å². The van der Waals surface area contributed by atoms with Gasteiger partial charge in [0.2, 0.25) is 11.8 Å². The fourth-order valence-corrected chi connectivity index (χ4v) is 4.35. The molecular weight excluding hydrogens is 376 g/mol. The van der Waals surface area contributed by atoms with Gasteiger partial charge in [-0.1, -0.05) is 35.9 Å². The van der Waals surface area contributed by atoms with Crippen LogP contribution in [0.4, 0.5) is 11.4 Å². The number of fused-ring (bicyclic) bond motifs is 1. The number of amides is 2. The first-order valence-corrected chi connectivity index (χ1v) is 9.64. The SMILES string of the molecule is CN(C)c1cccc(C2C3C(=O)N(c4ccccc4Cl)NC3CC(=O)N2C)c1. The van der Waals surface area contributed by atoms with E-state index >= 15 is 0 Å². The van der Waals surface area contributed by atoms with E-state index in [1.54, 1.807) is 24.1 Å². The monoisotopic (exact) mass is 398 g/mol. The van der Waals surface area contributed by atoms with Crippen LogP contribution in [0.3, 0.4) is 0 Å². The van der Waals surface area contributed by atoms with Gasteiger partial charge in [0.1, 0.15) is 0 Å². The molecule has 0 bridgehead atoms. The highest BCUT2D eigenvalue weighted by Gasteiger charge is 2.52. The van der Waals surface area contributed by atoms with Crippen LogP contribution >= 0.6 is 11.6 Å². The molecule has 2 aliphatic heterocycles. The van der Waals surface area contributed by atoms with Crippen LogP contribution in [-0.4, -0.2) is 43.9 Å². The molecule has 2 heterocycles. The van der Waals surface area contributed by atoms with E-state index in [1.807, 2.05) is 55.4 Å². The molecule has 1 N–H and O–H groups in total. The van der Waals surface area contributed by atoms with Gasteiger partial charge in [-0.25, -0.2) is 10.4 Å². The summed E-state index contributed by atoms with van der Waals surface area (Å²) in [5, 5.41) is 2.00. The fraction of sp³-hybridized carbons (Fsp3) is 0.333. The van der Waals surface area contributed by atoms with Crippen molar-refractivity contribution in [1.82, 2.24) is 10.3 Å². The Morgan fingerprint density at radius 1 is 1.11 bits per heavy atom. The minimum atomic E-state index is -0.378. The third kappa shape index (κ3) is 3.02. The number of rotatable bonds is 3. The molecule has 2 amide bonds. The minimum absolute atomic E-state index is 0.0165. The number of likely N-dealkylation sites (tertiary alicyclic amines) is 1. The zero-order valence-corrected chi connectivity index (χ0v) is 16.8. The largest absolute Gasteiger partial charge is 0.378 e. The average Bonchev–Trinajstić information content (AvgIpc) is 2.99. The third-order valence-corrected chi connectivity index (χ3v) is 5.92. The van der Waals surface area contributed by atoms with Crippen molar-refractivity contribution in [2.75, 3.05) is 31.1 Å². The zero-order chi connectivity index (χ0) is 20.0. The number of anilines is 2. The molecule has 3 atom stereocenters. The number of carbonyl (C=O) groups excluding carboxylic acids is 2. The Bertz CT molecular complexity index is 932. The molecule has 2 aromatic rings. The lowest BCUT2D eigenvalue weighted by atomic mass is 9.81. The second-order valence-electron chi connectivity index (χ2n) is 7.53. The van der Waals surface area contributed by atoms with E-state index in [4.69, 9.17) is 11.6 Å². The molecule has 0 aliphatic carbocycles. The smallest absolute Gasteiger partial charge is 0.248 e.